The van der Waals surface area contributed by atoms with E-state index in [2.05, 4.69) is 20.3 Å². The number of aliphatic hydroxyl groups is 3. The van der Waals surface area contributed by atoms with Crippen molar-refractivity contribution in [1.82, 2.24) is 14.5 Å². The van der Waals surface area contributed by atoms with Gasteiger partial charge in [-0.15, -0.1) is 0 Å². The number of hydrogen-bond acceptors (Lipinski definition) is 8. The van der Waals surface area contributed by atoms with Crippen LogP contribution in [0.3, 0.4) is 0 Å². The number of hydrogen-bond donors (Lipinski definition) is 5. The van der Waals surface area contributed by atoms with Crippen molar-refractivity contribution in [2.75, 3.05) is 11.9 Å². The second-order valence-electron chi connectivity index (χ2n) is 6.18. The summed E-state index contributed by atoms with van der Waals surface area (Å²) in [5.74, 6) is 0.191. The van der Waals surface area contributed by atoms with Crippen LogP contribution in [-0.4, -0.2) is 66.1 Å². The van der Waals surface area contributed by atoms with Gasteiger partial charge in [-0.2, -0.15) is 4.99 Å². The first-order valence-electron chi connectivity index (χ1n) is 7.52. The maximum Gasteiger partial charge on any atom is 0.348 e. The fourth-order valence-corrected chi connectivity index (χ4v) is 3.24. The highest BCUT2D eigenvalue weighted by Gasteiger charge is 2.53. The average Bonchev–Trinajstić information content (AvgIpc) is 3.00. The number of anilines is 1. The number of amides is 2. The molecule has 0 aliphatic carbocycles. The maximum absolute atomic E-state index is 11.7. The molecular formula is C14H16N6O5. The molecule has 0 spiro atoms. The molecule has 25 heavy (non-hydrogen) atoms. The van der Waals surface area contributed by atoms with Crippen LogP contribution in [0.15, 0.2) is 17.5 Å². The number of carbonyl (C=O) groups excluding carboxylic acids is 1. The summed E-state index contributed by atoms with van der Waals surface area (Å²) in [6.45, 7) is 0.941. The third kappa shape index (κ3) is 2.14. The van der Waals surface area contributed by atoms with Gasteiger partial charge < -0.3 is 30.4 Å². The van der Waals surface area contributed by atoms with Gasteiger partial charge in [0.15, 0.2) is 6.23 Å². The monoisotopic (exact) mass is 348 g/mol. The van der Waals surface area contributed by atoms with E-state index >= 15 is 0 Å². The largest absolute Gasteiger partial charge is 0.394 e. The smallest absolute Gasteiger partial charge is 0.348 e. The minimum absolute atomic E-state index is 0.0355. The lowest BCUT2D eigenvalue weighted by molar-refractivity contribution is -0.0948. The van der Waals surface area contributed by atoms with Crippen molar-refractivity contribution in [3.8, 4) is 0 Å². The summed E-state index contributed by atoms with van der Waals surface area (Å²) < 4.78 is 7.10. The van der Waals surface area contributed by atoms with Gasteiger partial charge in [0.25, 0.3) is 0 Å². The number of rotatable bonds is 2. The zero-order valence-electron chi connectivity index (χ0n) is 13.1. The van der Waals surface area contributed by atoms with Crippen LogP contribution >= 0.6 is 0 Å². The van der Waals surface area contributed by atoms with Gasteiger partial charge in [0.1, 0.15) is 41.4 Å². The Morgan fingerprint density at radius 2 is 2.24 bits per heavy atom. The Labute approximate surface area is 140 Å². The zero-order valence-corrected chi connectivity index (χ0v) is 13.1. The van der Waals surface area contributed by atoms with Crippen molar-refractivity contribution in [1.29, 1.82) is 0 Å². The first-order valence-corrected chi connectivity index (χ1v) is 7.52. The molecule has 2 amide bonds. The van der Waals surface area contributed by atoms with Crippen LogP contribution in [0.1, 0.15) is 18.7 Å². The SMILES string of the molecule is C[C@@]1(O)[C@H](O)[C@@H](CO)O[C@H]1n1cc2c3c(ncnc31)NC(=O)N=C2N. The van der Waals surface area contributed by atoms with Crippen molar-refractivity contribution in [3.63, 3.8) is 0 Å². The summed E-state index contributed by atoms with van der Waals surface area (Å²) in [6.07, 6.45) is -0.539. The molecule has 11 nitrogen and oxygen atoms in total. The molecule has 2 aliphatic rings. The van der Waals surface area contributed by atoms with Gasteiger partial charge in [0, 0.05) is 11.8 Å². The minimum Gasteiger partial charge on any atom is -0.394 e. The molecule has 11 heteroatoms. The molecule has 4 rings (SSSR count). The summed E-state index contributed by atoms with van der Waals surface area (Å²) in [7, 11) is 0. The first-order chi connectivity index (χ1) is 11.8. The van der Waals surface area contributed by atoms with Crippen LogP contribution < -0.4 is 11.1 Å². The summed E-state index contributed by atoms with van der Waals surface area (Å²) in [4.78, 5) is 23.6. The van der Waals surface area contributed by atoms with Crippen LogP contribution in [-0.2, 0) is 4.74 Å². The van der Waals surface area contributed by atoms with Crippen LogP contribution in [0, 0.1) is 0 Å². The van der Waals surface area contributed by atoms with Gasteiger partial charge >= 0.3 is 6.03 Å². The summed E-state index contributed by atoms with van der Waals surface area (Å²) >= 11 is 0. The van der Waals surface area contributed by atoms with Gasteiger partial charge in [-0.05, 0) is 6.92 Å². The molecule has 2 aromatic rings. The molecule has 0 bridgehead atoms. The number of ether oxygens (including phenoxy) is 1. The Bertz CT molecular complexity index is 906. The van der Waals surface area contributed by atoms with Crippen LogP contribution in [0.4, 0.5) is 10.6 Å². The third-order valence-electron chi connectivity index (χ3n) is 4.52. The molecule has 2 aliphatic heterocycles. The van der Waals surface area contributed by atoms with Gasteiger partial charge in [-0.25, -0.2) is 14.8 Å². The van der Waals surface area contributed by atoms with E-state index in [4.69, 9.17) is 10.5 Å². The third-order valence-corrected chi connectivity index (χ3v) is 4.52. The molecule has 0 radical (unpaired) electrons. The minimum atomic E-state index is -1.69. The van der Waals surface area contributed by atoms with Gasteiger partial charge in [-0.1, -0.05) is 0 Å². The highest BCUT2D eigenvalue weighted by atomic mass is 16.6. The highest BCUT2D eigenvalue weighted by molar-refractivity contribution is 6.19. The summed E-state index contributed by atoms with van der Waals surface area (Å²) in [5.41, 5.74) is 4.91. The molecule has 2 aromatic heterocycles. The maximum atomic E-state index is 11.7. The summed E-state index contributed by atoms with van der Waals surface area (Å²) in [6, 6.07) is -0.653. The number of aromatic nitrogens is 3. The quantitative estimate of drug-likeness (QED) is 0.445. The molecule has 6 N–H and O–H groups in total. The van der Waals surface area contributed by atoms with E-state index in [0.29, 0.717) is 16.6 Å². The fourth-order valence-electron chi connectivity index (χ4n) is 3.24. The van der Waals surface area contributed by atoms with Crippen molar-refractivity contribution < 1.29 is 24.9 Å². The van der Waals surface area contributed by atoms with Crippen LogP contribution in [0.5, 0.6) is 0 Å². The van der Waals surface area contributed by atoms with E-state index in [-0.39, 0.29) is 11.7 Å². The Hall–Kier alpha value is -2.60. The van der Waals surface area contributed by atoms with E-state index in [1.54, 1.807) is 0 Å². The van der Waals surface area contributed by atoms with Gasteiger partial charge in [-0.3, -0.25) is 5.32 Å². The summed E-state index contributed by atoms with van der Waals surface area (Å²) in [5, 5.41) is 33.2. The van der Waals surface area contributed by atoms with Gasteiger partial charge in [0.05, 0.1) is 12.0 Å². The topological polar surface area (TPSA) is 168 Å². The number of carbonyl (C=O) groups is 1. The predicted octanol–water partition coefficient (Wildman–Crippen LogP) is -1.32. The van der Waals surface area contributed by atoms with Gasteiger partial charge in [0.2, 0.25) is 0 Å². The molecule has 4 atom stereocenters. The molecule has 1 saturated heterocycles. The van der Waals surface area contributed by atoms with Crippen molar-refractivity contribution >= 4 is 28.7 Å². The number of nitrogens with one attached hydrogen (secondary N) is 1. The molecule has 0 aromatic carbocycles. The van der Waals surface area contributed by atoms with Crippen LogP contribution in [0.2, 0.25) is 0 Å². The second kappa shape index (κ2) is 5.20. The standard InChI is InChI=1S/C14H16N6O5/c1-14(24)8(22)6(3-21)25-12(14)20-2-5-7-10(16-4-17-11(7)20)19-13(23)18-9(5)15/h2,4,6,8,12,21-22,24H,3H2,1H3,(H3,15,16,17,18,19,23)/t6-,8-,12-,14-/m1/s1. The zero-order chi connectivity index (χ0) is 17.9. The highest BCUT2D eigenvalue weighted by Crippen LogP contribution is 2.41. The van der Waals surface area contributed by atoms with Crippen molar-refractivity contribution in [3.05, 3.63) is 18.1 Å². The number of nitrogens with two attached hydrogens (primary N) is 1. The van der Waals surface area contributed by atoms with Crippen LogP contribution in [0.25, 0.3) is 11.0 Å². The predicted molar refractivity (Wildman–Crippen MR) is 84.9 cm³/mol. The number of nitrogens with zero attached hydrogens (tertiary/aromatic N) is 4. The Morgan fingerprint density at radius 1 is 1.48 bits per heavy atom. The number of amidine groups is 1. The van der Waals surface area contributed by atoms with E-state index < -0.39 is 36.7 Å². The number of urea groups is 1. The lowest BCUT2D eigenvalue weighted by Crippen LogP contribution is -2.44. The van der Waals surface area contributed by atoms with E-state index in [1.165, 1.54) is 24.0 Å². The second-order valence-corrected chi connectivity index (χ2v) is 6.18. The Morgan fingerprint density at radius 3 is 2.92 bits per heavy atom. The molecule has 0 unspecified atom stereocenters. The lowest BCUT2D eigenvalue weighted by atomic mass is 9.96. The first kappa shape index (κ1) is 15.9. The number of aliphatic hydroxyl groups excluding tert-OH is 2. The van der Waals surface area contributed by atoms with E-state index in [0.717, 1.165) is 0 Å². The van der Waals surface area contributed by atoms with Crippen molar-refractivity contribution in [2.24, 2.45) is 10.7 Å². The fraction of sp³-hybridized carbons (Fsp3) is 0.429. The Kier molecular flexibility index (Phi) is 3.30. The number of aliphatic imine (C=N–C) groups is 1. The van der Waals surface area contributed by atoms with E-state index in [1.807, 2.05) is 0 Å². The molecule has 4 heterocycles. The normalized spacial score (nSPS) is 31.8. The molecular weight excluding hydrogens is 332 g/mol. The van der Waals surface area contributed by atoms with E-state index in [9.17, 15) is 20.1 Å². The molecule has 0 saturated carbocycles. The molecule has 132 valence electrons. The lowest BCUT2D eigenvalue weighted by Gasteiger charge is -2.27. The van der Waals surface area contributed by atoms with Crippen molar-refractivity contribution in [2.45, 2.75) is 31.0 Å². The average molecular weight is 348 g/mol. The Balaban J connectivity index is 1.94. The molecule has 1 fully saturated rings.